The summed E-state index contributed by atoms with van der Waals surface area (Å²) in [5, 5.41) is 3.01. The maximum atomic E-state index is 12.4. The number of rotatable bonds is 4. The summed E-state index contributed by atoms with van der Waals surface area (Å²) >= 11 is 0. The van der Waals surface area contributed by atoms with Gasteiger partial charge in [-0.15, -0.1) is 0 Å². The van der Waals surface area contributed by atoms with Crippen LogP contribution >= 0.6 is 0 Å². The monoisotopic (exact) mass is 301 g/mol. The summed E-state index contributed by atoms with van der Waals surface area (Å²) < 4.78 is 6.88. The Balaban J connectivity index is 1.82. The SMILES string of the molecule is COc1cc(-n2ccnc2)nc(C(=O)NC2CCCCC2)n1. The zero-order valence-corrected chi connectivity index (χ0v) is 12.5. The van der Waals surface area contributed by atoms with Crippen molar-refractivity contribution in [2.45, 2.75) is 38.1 Å². The molecular formula is C15H19N5O2. The van der Waals surface area contributed by atoms with Crippen LogP contribution in [0, 0.1) is 0 Å². The number of imidazole rings is 1. The van der Waals surface area contributed by atoms with Crippen LogP contribution in [0.5, 0.6) is 5.88 Å². The molecule has 0 atom stereocenters. The summed E-state index contributed by atoms with van der Waals surface area (Å²) in [7, 11) is 1.52. The van der Waals surface area contributed by atoms with Crippen molar-refractivity contribution in [2.24, 2.45) is 0 Å². The normalized spacial score (nSPS) is 15.5. The highest BCUT2D eigenvalue weighted by Gasteiger charge is 2.19. The molecule has 116 valence electrons. The molecule has 3 rings (SSSR count). The lowest BCUT2D eigenvalue weighted by atomic mass is 9.95. The maximum Gasteiger partial charge on any atom is 0.289 e. The van der Waals surface area contributed by atoms with Crippen LogP contribution in [0.1, 0.15) is 42.7 Å². The van der Waals surface area contributed by atoms with Gasteiger partial charge in [-0.1, -0.05) is 19.3 Å². The predicted octanol–water partition coefficient (Wildman–Crippen LogP) is 1.73. The van der Waals surface area contributed by atoms with Crippen LogP contribution in [0.25, 0.3) is 5.82 Å². The van der Waals surface area contributed by atoms with Gasteiger partial charge in [0.2, 0.25) is 11.7 Å². The van der Waals surface area contributed by atoms with Gasteiger partial charge >= 0.3 is 0 Å². The summed E-state index contributed by atoms with van der Waals surface area (Å²) in [6.07, 6.45) is 10.6. The van der Waals surface area contributed by atoms with Gasteiger partial charge in [0.15, 0.2) is 0 Å². The van der Waals surface area contributed by atoms with Crippen molar-refractivity contribution < 1.29 is 9.53 Å². The first-order chi connectivity index (χ1) is 10.8. The third kappa shape index (κ3) is 3.24. The minimum absolute atomic E-state index is 0.119. The molecule has 2 aromatic rings. The molecule has 1 aliphatic rings. The van der Waals surface area contributed by atoms with Crippen LogP contribution in [-0.2, 0) is 0 Å². The Morgan fingerprint density at radius 1 is 1.32 bits per heavy atom. The molecule has 0 unspecified atom stereocenters. The summed E-state index contributed by atoms with van der Waals surface area (Å²) in [4.78, 5) is 24.8. The number of nitrogens with one attached hydrogen (secondary N) is 1. The van der Waals surface area contributed by atoms with E-state index in [4.69, 9.17) is 4.74 Å². The van der Waals surface area contributed by atoms with Crippen molar-refractivity contribution in [3.05, 3.63) is 30.6 Å². The Labute approximate surface area is 128 Å². The topological polar surface area (TPSA) is 81.9 Å². The Hall–Kier alpha value is -2.44. The number of carbonyl (C=O) groups is 1. The van der Waals surface area contributed by atoms with Gasteiger partial charge in [0.1, 0.15) is 12.1 Å². The van der Waals surface area contributed by atoms with E-state index in [1.165, 1.54) is 13.5 Å². The second-order valence-electron chi connectivity index (χ2n) is 5.37. The van der Waals surface area contributed by atoms with Crippen LogP contribution in [0.4, 0.5) is 0 Å². The smallest absolute Gasteiger partial charge is 0.289 e. The quantitative estimate of drug-likeness (QED) is 0.930. The van der Waals surface area contributed by atoms with Gasteiger partial charge in [0, 0.05) is 24.5 Å². The Bertz CT molecular complexity index is 635. The molecule has 0 saturated heterocycles. The Morgan fingerprint density at radius 2 is 2.14 bits per heavy atom. The van der Waals surface area contributed by atoms with Gasteiger partial charge in [-0.25, -0.2) is 9.97 Å². The van der Waals surface area contributed by atoms with E-state index in [9.17, 15) is 4.79 Å². The minimum Gasteiger partial charge on any atom is -0.481 e. The zero-order valence-electron chi connectivity index (χ0n) is 12.5. The predicted molar refractivity (Wildman–Crippen MR) is 80.0 cm³/mol. The summed E-state index contributed by atoms with van der Waals surface area (Å²) in [6.45, 7) is 0. The number of hydrogen-bond donors (Lipinski definition) is 1. The first-order valence-corrected chi connectivity index (χ1v) is 7.48. The zero-order chi connectivity index (χ0) is 15.4. The van der Waals surface area contributed by atoms with Gasteiger partial charge in [-0.2, -0.15) is 4.98 Å². The molecule has 0 aliphatic heterocycles. The molecule has 0 aromatic carbocycles. The highest BCUT2D eigenvalue weighted by molar-refractivity contribution is 5.91. The molecule has 1 aliphatic carbocycles. The lowest BCUT2D eigenvalue weighted by Crippen LogP contribution is -2.37. The number of aromatic nitrogens is 4. The average Bonchev–Trinajstić information content (AvgIpc) is 3.10. The standard InChI is InChI=1S/C15H19N5O2/c1-22-13-9-12(20-8-7-16-10-20)18-14(19-13)15(21)17-11-5-3-2-4-6-11/h7-11H,2-6H2,1H3,(H,17,21). The molecule has 2 heterocycles. The van der Waals surface area contributed by atoms with E-state index in [1.807, 2.05) is 0 Å². The van der Waals surface area contributed by atoms with Crippen molar-refractivity contribution in [2.75, 3.05) is 7.11 Å². The van der Waals surface area contributed by atoms with Crippen LogP contribution in [-0.4, -0.2) is 38.6 Å². The Kier molecular flexibility index (Phi) is 4.32. The number of nitrogens with zero attached hydrogens (tertiary/aromatic N) is 4. The first-order valence-electron chi connectivity index (χ1n) is 7.48. The van der Waals surface area contributed by atoms with Crippen LogP contribution in [0.2, 0.25) is 0 Å². The van der Waals surface area contributed by atoms with E-state index in [2.05, 4.69) is 20.3 Å². The second kappa shape index (κ2) is 6.55. The molecule has 2 aromatic heterocycles. The molecule has 1 N–H and O–H groups in total. The molecule has 7 nitrogen and oxygen atoms in total. The van der Waals surface area contributed by atoms with Crippen LogP contribution in [0.3, 0.4) is 0 Å². The fraction of sp³-hybridized carbons (Fsp3) is 0.467. The highest BCUT2D eigenvalue weighted by atomic mass is 16.5. The Morgan fingerprint density at radius 3 is 2.82 bits per heavy atom. The van der Waals surface area contributed by atoms with E-state index in [0.717, 1.165) is 25.7 Å². The van der Waals surface area contributed by atoms with E-state index < -0.39 is 0 Å². The highest BCUT2D eigenvalue weighted by Crippen LogP contribution is 2.18. The van der Waals surface area contributed by atoms with Crippen LogP contribution in [0.15, 0.2) is 24.8 Å². The van der Waals surface area contributed by atoms with Crippen LogP contribution < -0.4 is 10.1 Å². The summed E-state index contributed by atoms with van der Waals surface area (Å²) in [5.41, 5.74) is 0. The molecule has 1 saturated carbocycles. The van der Waals surface area contributed by atoms with E-state index in [1.54, 1.807) is 29.4 Å². The molecule has 1 fully saturated rings. The lowest BCUT2D eigenvalue weighted by Gasteiger charge is -2.22. The van der Waals surface area contributed by atoms with Gasteiger partial charge in [0.05, 0.1) is 7.11 Å². The van der Waals surface area contributed by atoms with Crippen molar-refractivity contribution in [3.8, 4) is 11.7 Å². The van der Waals surface area contributed by atoms with Crippen molar-refractivity contribution >= 4 is 5.91 Å². The molecule has 1 amide bonds. The average molecular weight is 301 g/mol. The summed E-state index contributed by atoms with van der Waals surface area (Å²) in [6, 6.07) is 1.88. The third-order valence-corrected chi connectivity index (χ3v) is 3.81. The largest absolute Gasteiger partial charge is 0.481 e. The third-order valence-electron chi connectivity index (χ3n) is 3.81. The number of carbonyl (C=O) groups excluding carboxylic acids is 1. The molecule has 0 bridgehead atoms. The number of amides is 1. The molecule has 7 heteroatoms. The molecule has 0 radical (unpaired) electrons. The summed E-state index contributed by atoms with van der Waals surface area (Å²) in [5.74, 6) is 0.770. The second-order valence-corrected chi connectivity index (χ2v) is 5.37. The number of ether oxygens (including phenoxy) is 1. The number of hydrogen-bond acceptors (Lipinski definition) is 5. The van der Waals surface area contributed by atoms with Crippen molar-refractivity contribution in [1.82, 2.24) is 24.8 Å². The fourth-order valence-corrected chi connectivity index (χ4v) is 2.64. The molecule has 22 heavy (non-hydrogen) atoms. The molecular weight excluding hydrogens is 282 g/mol. The van der Waals surface area contributed by atoms with Crippen molar-refractivity contribution in [3.63, 3.8) is 0 Å². The van der Waals surface area contributed by atoms with Gasteiger partial charge < -0.3 is 10.1 Å². The minimum atomic E-state index is -0.257. The van der Waals surface area contributed by atoms with Gasteiger partial charge in [0.25, 0.3) is 5.91 Å². The van der Waals surface area contributed by atoms with E-state index in [-0.39, 0.29) is 17.8 Å². The fourth-order valence-electron chi connectivity index (χ4n) is 2.64. The van der Waals surface area contributed by atoms with E-state index in [0.29, 0.717) is 11.7 Å². The lowest BCUT2D eigenvalue weighted by molar-refractivity contribution is 0.0916. The van der Waals surface area contributed by atoms with Gasteiger partial charge in [-0.3, -0.25) is 9.36 Å². The van der Waals surface area contributed by atoms with Crippen molar-refractivity contribution in [1.29, 1.82) is 0 Å². The van der Waals surface area contributed by atoms with Gasteiger partial charge in [-0.05, 0) is 12.8 Å². The number of methoxy groups -OCH3 is 1. The maximum absolute atomic E-state index is 12.4. The first kappa shape index (κ1) is 14.5. The molecule has 0 spiro atoms. The van der Waals surface area contributed by atoms with E-state index >= 15 is 0 Å².